The number of aliphatic hydroxyl groups is 1. The molecule has 6 heteroatoms. The van der Waals surface area contributed by atoms with E-state index in [0.29, 0.717) is 13.1 Å². The summed E-state index contributed by atoms with van der Waals surface area (Å²) in [6.45, 7) is 9.10. The molecule has 1 aliphatic heterocycles. The fraction of sp³-hybridized carbons (Fsp3) is 0.733. The number of amides is 1. The van der Waals surface area contributed by atoms with Crippen LogP contribution in [0.1, 0.15) is 39.1 Å². The number of piperazine rings is 1. The van der Waals surface area contributed by atoms with E-state index >= 15 is 0 Å². The smallest absolute Gasteiger partial charge is 0.225 e. The van der Waals surface area contributed by atoms with Crippen LogP contribution in [0.15, 0.2) is 12.4 Å². The minimum Gasteiger partial charge on any atom is -0.392 e. The highest BCUT2D eigenvalue weighted by molar-refractivity contribution is 5.76. The van der Waals surface area contributed by atoms with Gasteiger partial charge in [-0.1, -0.05) is 20.8 Å². The number of hydrogen-bond acceptors (Lipinski definition) is 4. The van der Waals surface area contributed by atoms with E-state index in [1.54, 1.807) is 6.20 Å². The molecule has 21 heavy (non-hydrogen) atoms. The summed E-state index contributed by atoms with van der Waals surface area (Å²) in [5.74, 6) is 1.04. The van der Waals surface area contributed by atoms with E-state index in [1.807, 2.05) is 24.9 Å². The summed E-state index contributed by atoms with van der Waals surface area (Å²) in [6.07, 6.45) is 3.19. The van der Waals surface area contributed by atoms with Crippen molar-refractivity contribution < 1.29 is 9.90 Å². The van der Waals surface area contributed by atoms with Gasteiger partial charge >= 0.3 is 0 Å². The Morgan fingerprint density at radius 1 is 1.52 bits per heavy atom. The van der Waals surface area contributed by atoms with E-state index in [1.165, 1.54) is 0 Å². The second-order valence-electron chi connectivity index (χ2n) is 5.97. The Hall–Kier alpha value is -1.40. The zero-order valence-corrected chi connectivity index (χ0v) is 13.1. The number of rotatable bonds is 5. The molecule has 0 aliphatic carbocycles. The van der Waals surface area contributed by atoms with Crippen LogP contribution in [0.4, 0.5) is 0 Å². The van der Waals surface area contributed by atoms with Crippen LogP contribution in [0.5, 0.6) is 0 Å². The Morgan fingerprint density at radius 3 is 2.86 bits per heavy atom. The van der Waals surface area contributed by atoms with E-state index in [4.69, 9.17) is 0 Å². The molecule has 2 N–H and O–H groups in total. The van der Waals surface area contributed by atoms with Crippen molar-refractivity contribution in [2.24, 2.45) is 5.92 Å². The molecular weight excluding hydrogens is 268 g/mol. The third kappa shape index (κ3) is 3.83. The van der Waals surface area contributed by atoms with E-state index in [-0.39, 0.29) is 24.3 Å². The highest BCUT2D eigenvalue weighted by Crippen LogP contribution is 2.23. The number of likely N-dealkylation sites (N-methyl/N-ethyl adjacent to an activating group) is 1. The summed E-state index contributed by atoms with van der Waals surface area (Å²) in [6, 6.07) is 0.110. The Bertz CT molecular complexity index is 447. The summed E-state index contributed by atoms with van der Waals surface area (Å²) in [5, 5.41) is 9.90. The maximum absolute atomic E-state index is 12.3. The summed E-state index contributed by atoms with van der Waals surface area (Å²) in [5.41, 5.74) is 0. The zero-order valence-electron chi connectivity index (χ0n) is 13.1. The standard InChI is InChI=1S/C15H26N4O2/c1-4-18-7-8-19(14(21)9-13(20)11(2)3)10-12(18)15-16-5-6-17-15/h5-6,11-13,20H,4,7-10H2,1-3H3,(H,16,17)/t12-,13-/m0/s1. The topological polar surface area (TPSA) is 72.5 Å². The number of H-pyrrole nitrogens is 1. The maximum Gasteiger partial charge on any atom is 0.225 e. The number of nitrogens with zero attached hydrogens (tertiary/aromatic N) is 3. The second-order valence-corrected chi connectivity index (χ2v) is 5.97. The van der Waals surface area contributed by atoms with Crippen LogP contribution in [0.2, 0.25) is 0 Å². The lowest BCUT2D eigenvalue weighted by Gasteiger charge is -2.40. The predicted molar refractivity (Wildman–Crippen MR) is 80.6 cm³/mol. The van der Waals surface area contributed by atoms with E-state index in [0.717, 1.165) is 18.9 Å². The molecule has 6 nitrogen and oxygen atoms in total. The number of hydrogen-bond donors (Lipinski definition) is 2. The molecule has 2 atom stereocenters. The van der Waals surface area contributed by atoms with Gasteiger partial charge in [-0.25, -0.2) is 4.98 Å². The second kappa shape index (κ2) is 7.04. The Morgan fingerprint density at radius 2 is 2.29 bits per heavy atom. The number of nitrogens with one attached hydrogen (secondary N) is 1. The SMILES string of the molecule is CCN1CCN(C(=O)C[C@H](O)C(C)C)C[C@H]1c1ncc[nH]1. The van der Waals surface area contributed by atoms with Crippen molar-refractivity contribution in [2.75, 3.05) is 26.2 Å². The van der Waals surface area contributed by atoms with Crippen molar-refractivity contribution in [3.63, 3.8) is 0 Å². The van der Waals surface area contributed by atoms with Crippen molar-refractivity contribution in [3.8, 4) is 0 Å². The monoisotopic (exact) mass is 294 g/mol. The van der Waals surface area contributed by atoms with Crippen LogP contribution in [0.25, 0.3) is 0 Å². The van der Waals surface area contributed by atoms with Gasteiger partial charge in [-0.05, 0) is 12.5 Å². The molecule has 1 aliphatic rings. The third-order valence-electron chi connectivity index (χ3n) is 4.24. The number of imidazole rings is 1. The molecule has 0 aromatic carbocycles. The normalized spacial score (nSPS) is 21.8. The van der Waals surface area contributed by atoms with Gasteiger partial charge < -0.3 is 15.0 Å². The summed E-state index contributed by atoms with van der Waals surface area (Å²) < 4.78 is 0. The number of aromatic nitrogens is 2. The summed E-state index contributed by atoms with van der Waals surface area (Å²) >= 11 is 0. The van der Waals surface area contributed by atoms with Crippen LogP contribution in [-0.4, -0.2) is 63.1 Å². The first-order valence-electron chi connectivity index (χ1n) is 7.72. The number of carbonyl (C=O) groups excluding carboxylic acids is 1. The summed E-state index contributed by atoms with van der Waals surface area (Å²) in [7, 11) is 0. The van der Waals surface area contributed by atoms with Gasteiger partial charge in [-0.2, -0.15) is 0 Å². The maximum atomic E-state index is 12.3. The average Bonchev–Trinajstić information content (AvgIpc) is 3.00. The quantitative estimate of drug-likeness (QED) is 0.850. The zero-order chi connectivity index (χ0) is 15.4. The molecule has 0 spiro atoms. The minimum absolute atomic E-state index is 0.0310. The third-order valence-corrected chi connectivity index (χ3v) is 4.24. The van der Waals surface area contributed by atoms with Crippen LogP contribution in [0.3, 0.4) is 0 Å². The van der Waals surface area contributed by atoms with Gasteiger partial charge in [0.25, 0.3) is 0 Å². The molecule has 1 amide bonds. The van der Waals surface area contributed by atoms with Gasteiger partial charge in [-0.15, -0.1) is 0 Å². The van der Waals surface area contributed by atoms with Crippen LogP contribution in [0, 0.1) is 5.92 Å². The van der Waals surface area contributed by atoms with Gasteiger partial charge in [0.2, 0.25) is 5.91 Å². The molecule has 1 aromatic heterocycles. The fourth-order valence-electron chi connectivity index (χ4n) is 2.69. The molecule has 118 valence electrons. The highest BCUT2D eigenvalue weighted by Gasteiger charge is 2.31. The molecule has 2 rings (SSSR count). The predicted octanol–water partition coefficient (Wildman–Crippen LogP) is 1.02. The van der Waals surface area contributed by atoms with Crippen molar-refractivity contribution in [3.05, 3.63) is 18.2 Å². The largest absolute Gasteiger partial charge is 0.392 e. The molecular formula is C15H26N4O2. The van der Waals surface area contributed by atoms with Gasteiger partial charge in [0, 0.05) is 32.0 Å². The van der Waals surface area contributed by atoms with Crippen molar-refractivity contribution in [2.45, 2.75) is 39.3 Å². The summed E-state index contributed by atoms with van der Waals surface area (Å²) in [4.78, 5) is 24.0. The number of carbonyl (C=O) groups is 1. The molecule has 0 unspecified atom stereocenters. The van der Waals surface area contributed by atoms with E-state index < -0.39 is 6.10 Å². The van der Waals surface area contributed by atoms with Crippen LogP contribution >= 0.6 is 0 Å². The van der Waals surface area contributed by atoms with Gasteiger partial charge in [0.15, 0.2) is 0 Å². The lowest BCUT2D eigenvalue weighted by Crippen LogP contribution is -2.51. The molecule has 0 saturated carbocycles. The van der Waals surface area contributed by atoms with Crippen molar-refractivity contribution in [1.29, 1.82) is 0 Å². The van der Waals surface area contributed by atoms with E-state index in [9.17, 15) is 9.90 Å². The van der Waals surface area contributed by atoms with Gasteiger partial charge in [-0.3, -0.25) is 9.69 Å². The molecule has 1 aromatic rings. The molecule has 1 saturated heterocycles. The van der Waals surface area contributed by atoms with Gasteiger partial charge in [0.1, 0.15) is 5.82 Å². The first-order chi connectivity index (χ1) is 10.0. The molecule has 0 bridgehead atoms. The Balaban J connectivity index is 2.02. The number of aromatic amines is 1. The first-order valence-corrected chi connectivity index (χ1v) is 7.72. The molecule has 0 radical (unpaired) electrons. The van der Waals surface area contributed by atoms with Crippen molar-refractivity contribution >= 4 is 5.91 Å². The molecule has 2 heterocycles. The van der Waals surface area contributed by atoms with E-state index in [2.05, 4.69) is 21.8 Å². The lowest BCUT2D eigenvalue weighted by molar-refractivity contribution is -0.137. The highest BCUT2D eigenvalue weighted by atomic mass is 16.3. The van der Waals surface area contributed by atoms with Crippen molar-refractivity contribution in [1.82, 2.24) is 19.8 Å². The lowest BCUT2D eigenvalue weighted by atomic mass is 10.0. The fourth-order valence-corrected chi connectivity index (χ4v) is 2.69. The first kappa shape index (κ1) is 16.0. The Kier molecular flexibility index (Phi) is 5.36. The van der Waals surface area contributed by atoms with Gasteiger partial charge in [0.05, 0.1) is 18.6 Å². The van der Waals surface area contributed by atoms with Crippen LogP contribution < -0.4 is 0 Å². The van der Waals surface area contributed by atoms with Crippen LogP contribution in [-0.2, 0) is 4.79 Å². The Labute approximate surface area is 126 Å². The number of aliphatic hydroxyl groups excluding tert-OH is 1. The minimum atomic E-state index is -0.566. The molecule has 1 fully saturated rings. The average molecular weight is 294 g/mol.